The smallest absolute Gasteiger partial charge is 0.233 e. The standard InChI is InChI=1S/C18H26N2O/c1-2-20(14-16-10-6-7-13-19-16)17(21)18(11-12-18)15-8-4-3-5-9-15/h3-5,8-9,16,19H,2,6-7,10-14H2,1H3. The molecule has 0 aromatic heterocycles. The third-order valence-corrected chi connectivity index (χ3v) is 5.01. The molecule has 1 atom stereocenters. The lowest BCUT2D eigenvalue weighted by atomic mass is 9.93. The highest BCUT2D eigenvalue weighted by Gasteiger charge is 2.52. The van der Waals surface area contributed by atoms with Crippen LogP contribution in [0.25, 0.3) is 0 Å². The minimum atomic E-state index is -0.216. The van der Waals surface area contributed by atoms with E-state index in [-0.39, 0.29) is 5.41 Å². The van der Waals surface area contributed by atoms with Gasteiger partial charge >= 0.3 is 0 Å². The molecule has 114 valence electrons. The quantitative estimate of drug-likeness (QED) is 0.902. The van der Waals surface area contributed by atoms with Gasteiger partial charge in [-0.1, -0.05) is 36.8 Å². The molecule has 3 heteroatoms. The van der Waals surface area contributed by atoms with Crippen LogP contribution in [0, 0.1) is 0 Å². The number of hydrogen-bond donors (Lipinski definition) is 1. The van der Waals surface area contributed by atoms with E-state index in [0.717, 1.165) is 32.5 Å². The van der Waals surface area contributed by atoms with Gasteiger partial charge in [-0.25, -0.2) is 0 Å². The second-order valence-corrected chi connectivity index (χ2v) is 6.44. The normalized spacial score (nSPS) is 23.6. The molecule has 0 bridgehead atoms. The van der Waals surface area contributed by atoms with Gasteiger partial charge in [-0.15, -0.1) is 0 Å². The summed E-state index contributed by atoms with van der Waals surface area (Å²) in [6.07, 6.45) is 5.76. The highest BCUT2D eigenvalue weighted by molar-refractivity contribution is 5.91. The van der Waals surface area contributed by atoms with E-state index in [4.69, 9.17) is 0 Å². The maximum absolute atomic E-state index is 13.0. The van der Waals surface area contributed by atoms with Crippen LogP contribution in [0.2, 0.25) is 0 Å². The monoisotopic (exact) mass is 286 g/mol. The molecule has 1 aromatic carbocycles. The Kier molecular flexibility index (Phi) is 4.29. The number of hydrogen-bond acceptors (Lipinski definition) is 2. The van der Waals surface area contributed by atoms with Gasteiger partial charge < -0.3 is 10.2 Å². The lowest BCUT2D eigenvalue weighted by Crippen LogP contribution is -2.48. The average molecular weight is 286 g/mol. The number of piperidine rings is 1. The Morgan fingerprint density at radius 1 is 1.29 bits per heavy atom. The Hall–Kier alpha value is -1.35. The van der Waals surface area contributed by atoms with Gasteiger partial charge in [-0.2, -0.15) is 0 Å². The van der Waals surface area contributed by atoms with E-state index in [9.17, 15) is 4.79 Å². The van der Waals surface area contributed by atoms with E-state index in [2.05, 4.69) is 29.3 Å². The number of benzene rings is 1. The SMILES string of the molecule is CCN(CC1CCCCN1)C(=O)C1(c2ccccc2)CC1. The van der Waals surface area contributed by atoms with Crippen molar-refractivity contribution in [1.82, 2.24) is 10.2 Å². The zero-order chi connectivity index (χ0) is 14.7. The van der Waals surface area contributed by atoms with Crippen molar-refractivity contribution in [1.29, 1.82) is 0 Å². The first kappa shape index (κ1) is 14.6. The van der Waals surface area contributed by atoms with Gasteiger partial charge in [0.1, 0.15) is 0 Å². The molecule has 3 nitrogen and oxygen atoms in total. The van der Waals surface area contributed by atoms with E-state index >= 15 is 0 Å². The van der Waals surface area contributed by atoms with E-state index in [0.29, 0.717) is 11.9 Å². The molecule has 21 heavy (non-hydrogen) atoms. The molecule has 1 amide bonds. The molecule has 0 spiro atoms. The molecule has 1 aliphatic heterocycles. The number of likely N-dealkylation sites (N-methyl/N-ethyl adjacent to an activating group) is 1. The summed E-state index contributed by atoms with van der Waals surface area (Å²) in [5.74, 6) is 0.337. The number of nitrogens with zero attached hydrogens (tertiary/aromatic N) is 1. The Bertz CT molecular complexity index is 475. The second kappa shape index (κ2) is 6.18. The molecule has 1 aliphatic carbocycles. The van der Waals surface area contributed by atoms with Crippen LogP contribution in [0.4, 0.5) is 0 Å². The molecule has 1 saturated carbocycles. The lowest BCUT2D eigenvalue weighted by Gasteiger charge is -2.32. The molecule has 3 rings (SSSR count). The molecule has 1 unspecified atom stereocenters. The Morgan fingerprint density at radius 3 is 2.62 bits per heavy atom. The van der Waals surface area contributed by atoms with Crippen LogP contribution in [0.15, 0.2) is 30.3 Å². The molecular weight excluding hydrogens is 260 g/mol. The van der Waals surface area contributed by atoms with Crippen molar-refractivity contribution in [3.8, 4) is 0 Å². The molecule has 0 radical (unpaired) electrons. The second-order valence-electron chi connectivity index (χ2n) is 6.44. The van der Waals surface area contributed by atoms with Crippen LogP contribution in [-0.4, -0.2) is 36.5 Å². The third kappa shape index (κ3) is 2.98. The van der Waals surface area contributed by atoms with E-state index in [1.165, 1.54) is 24.8 Å². The topological polar surface area (TPSA) is 32.3 Å². The van der Waals surface area contributed by atoms with E-state index in [1.54, 1.807) is 0 Å². The predicted octanol–water partition coefficient (Wildman–Crippen LogP) is 2.71. The summed E-state index contributed by atoms with van der Waals surface area (Å²) < 4.78 is 0. The molecule has 1 aromatic rings. The first-order chi connectivity index (χ1) is 10.3. The summed E-state index contributed by atoms with van der Waals surface area (Å²) >= 11 is 0. The Labute approximate surface area is 127 Å². The zero-order valence-corrected chi connectivity index (χ0v) is 13.0. The summed E-state index contributed by atoms with van der Waals surface area (Å²) in [7, 11) is 0. The number of amides is 1. The van der Waals surface area contributed by atoms with Crippen LogP contribution in [0.1, 0.15) is 44.6 Å². The number of nitrogens with one attached hydrogen (secondary N) is 1. The first-order valence-electron chi connectivity index (χ1n) is 8.34. The van der Waals surface area contributed by atoms with Crippen molar-refractivity contribution in [2.45, 2.75) is 50.5 Å². The fourth-order valence-electron chi connectivity index (χ4n) is 3.51. The molecule has 1 N–H and O–H groups in total. The minimum absolute atomic E-state index is 0.216. The van der Waals surface area contributed by atoms with Gasteiger partial charge in [0, 0.05) is 19.1 Å². The van der Waals surface area contributed by atoms with Gasteiger partial charge in [-0.05, 0) is 44.7 Å². The zero-order valence-electron chi connectivity index (χ0n) is 13.0. The minimum Gasteiger partial charge on any atom is -0.341 e. The predicted molar refractivity (Wildman–Crippen MR) is 85.2 cm³/mol. The van der Waals surface area contributed by atoms with Crippen LogP contribution < -0.4 is 5.32 Å². The van der Waals surface area contributed by atoms with Gasteiger partial charge in [0.25, 0.3) is 0 Å². The van der Waals surface area contributed by atoms with Crippen molar-refractivity contribution in [3.63, 3.8) is 0 Å². The van der Waals surface area contributed by atoms with Crippen molar-refractivity contribution < 1.29 is 4.79 Å². The number of carbonyl (C=O) groups is 1. The highest BCUT2D eigenvalue weighted by Crippen LogP contribution is 2.49. The van der Waals surface area contributed by atoms with Gasteiger partial charge in [0.15, 0.2) is 0 Å². The molecule has 1 heterocycles. The molecule has 2 fully saturated rings. The lowest BCUT2D eigenvalue weighted by molar-refractivity contribution is -0.134. The van der Waals surface area contributed by atoms with Crippen LogP contribution in [0.3, 0.4) is 0 Å². The summed E-state index contributed by atoms with van der Waals surface area (Å²) in [6, 6.07) is 10.8. The van der Waals surface area contributed by atoms with E-state index < -0.39 is 0 Å². The summed E-state index contributed by atoms with van der Waals surface area (Å²) in [5, 5.41) is 3.56. The number of rotatable bonds is 5. The maximum Gasteiger partial charge on any atom is 0.233 e. The van der Waals surface area contributed by atoms with Crippen molar-refractivity contribution in [2.24, 2.45) is 0 Å². The Balaban J connectivity index is 1.70. The highest BCUT2D eigenvalue weighted by atomic mass is 16.2. The van der Waals surface area contributed by atoms with Gasteiger partial charge in [0.05, 0.1) is 5.41 Å². The third-order valence-electron chi connectivity index (χ3n) is 5.01. The Morgan fingerprint density at radius 2 is 2.05 bits per heavy atom. The van der Waals surface area contributed by atoms with Crippen molar-refractivity contribution in [3.05, 3.63) is 35.9 Å². The molecule has 1 saturated heterocycles. The summed E-state index contributed by atoms with van der Waals surface area (Å²) in [5.41, 5.74) is 0.983. The average Bonchev–Trinajstić information content (AvgIpc) is 3.36. The molecule has 2 aliphatic rings. The summed E-state index contributed by atoms with van der Waals surface area (Å²) in [4.78, 5) is 15.1. The van der Waals surface area contributed by atoms with Crippen LogP contribution in [0.5, 0.6) is 0 Å². The number of carbonyl (C=O) groups excluding carboxylic acids is 1. The maximum atomic E-state index is 13.0. The fourth-order valence-corrected chi connectivity index (χ4v) is 3.51. The fraction of sp³-hybridized carbons (Fsp3) is 0.611. The van der Waals surface area contributed by atoms with Crippen LogP contribution >= 0.6 is 0 Å². The molecular formula is C18H26N2O. The van der Waals surface area contributed by atoms with Gasteiger partial charge in [0.2, 0.25) is 5.91 Å². The van der Waals surface area contributed by atoms with Crippen LogP contribution in [-0.2, 0) is 10.2 Å². The van der Waals surface area contributed by atoms with Crippen molar-refractivity contribution in [2.75, 3.05) is 19.6 Å². The largest absolute Gasteiger partial charge is 0.341 e. The summed E-state index contributed by atoms with van der Waals surface area (Å²) in [6.45, 7) is 4.87. The van der Waals surface area contributed by atoms with E-state index in [1.807, 2.05) is 18.2 Å². The first-order valence-corrected chi connectivity index (χ1v) is 8.34. The van der Waals surface area contributed by atoms with Gasteiger partial charge in [-0.3, -0.25) is 4.79 Å². The van der Waals surface area contributed by atoms with Crippen molar-refractivity contribution >= 4 is 5.91 Å².